The summed E-state index contributed by atoms with van der Waals surface area (Å²) in [6.07, 6.45) is 4.03. The number of hydrogen-bond acceptors (Lipinski definition) is 8. The first-order valence-electron chi connectivity index (χ1n) is 12.2. The number of carbonyl (C=O) groups excluding carboxylic acids is 1. The maximum atomic E-state index is 11.0. The van der Waals surface area contributed by atoms with E-state index < -0.39 is 5.91 Å². The molecule has 3 heterocycles. The largest absolute Gasteiger partial charge is 0.493 e. The molecule has 1 aliphatic heterocycles. The first kappa shape index (κ1) is 25.2. The van der Waals surface area contributed by atoms with Gasteiger partial charge in [0.25, 0.3) is 5.91 Å². The summed E-state index contributed by atoms with van der Waals surface area (Å²) in [4.78, 5) is 25.6. The number of methoxy groups -OCH3 is 1. The van der Waals surface area contributed by atoms with Crippen molar-refractivity contribution in [3.05, 3.63) is 40.0 Å². The number of fused-ring (bicyclic) bond motifs is 1. The average Bonchev–Trinajstić information content (AvgIpc) is 3.12. The van der Waals surface area contributed by atoms with Crippen LogP contribution in [0.1, 0.15) is 48.0 Å². The summed E-state index contributed by atoms with van der Waals surface area (Å²) in [5.41, 5.74) is 7.61. The summed E-state index contributed by atoms with van der Waals surface area (Å²) in [6, 6.07) is 6.20. The van der Waals surface area contributed by atoms with Gasteiger partial charge in [0.15, 0.2) is 18.1 Å². The van der Waals surface area contributed by atoms with Gasteiger partial charge in [-0.05, 0) is 56.4 Å². The maximum absolute atomic E-state index is 11.0. The molecule has 0 aliphatic carbocycles. The molecule has 1 saturated heterocycles. The number of nitrogens with zero attached hydrogens (tertiary/aromatic N) is 3. The molecule has 188 valence electrons. The number of thiophene rings is 1. The minimum atomic E-state index is -0.513. The lowest BCUT2D eigenvalue weighted by Crippen LogP contribution is -2.38. The number of aryl methyl sites for hydroxylation is 3. The molecular formula is C26H35N5O3S. The van der Waals surface area contributed by atoms with Gasteiger partial charge in [-0.3, -0.25) is 9.69 Å². The third-order valence-corrected chi connectivity index (χ3v) is 7.58. The van der Waals surface area contributed by atoms with Gasteiger partial charge in [-0.25, -0.2) is 9.97 Å². The minimum Gasteiger partial charge on any atom is -0.493 e. The van der Waals surface area contributed by atoms with E-state index in [2.05, 4.69) is 31.0 Å². The van der Waals surface area contributed by atoms with Crippen LogP contribution in [0.5, 0.6) is 11.5 Å². The predicted octanol–water partition coefficient (Wildman–Crippen LogP) is 4.21. The number of likely N-dealkylation sites (tertiary alicyclic amines) is 1. The number of anilines is 1. The van der Waals surface area contributed by atoms with Crippen LogP contribution in [0.15, 0.2) is 18.2 Å². The van der Waals surface area contributed by atoms with Crippen LogP contribution in [-0.2, 0) is 17.8 Å². The number of piperidine rings is 1. The molecule has 8 nitrogen and oxygen atoms in total. The topological polar surface area (TPSA) is 103 Å². The summed E-state index contributed by atoms with van der Waals surface area (Å²) in [7, 11) is 1.60. The van der Waals surface area contributed by atoms with Crippen LogP contribution in [0.4, 0.5) is 5.82 Å². The van der Waals surface area contributed by atoms with Gasteiger partial charge >= 0.3 is 0 Å². The average molecular weight is 498 g/mol. The Hall–Kier alpha value is -2.91. The molecule has 35 heavy (non-hydrogen) atoms. The van der Waals surface area contributed by atoms with Crippen LogP contribution in [0.3, 0.4) is 0 Å². The first-order valence-corrected chi connectivity index (χ1v) is 13.0. The highest BCUT2D eigenvalue weighted by Crippen LogP contribution is 2.34. The Bertz CT molecular complexity index is 1190. The summed E-state index contributed by atoms with van der Waals surface area (Å²) in [6.45, 7) is 9.16. The zero-order chi connectivity index (χ0) is 24.9. The van der Waals surface area contributed by atoms with E-state index >= 15 is 0 Å². The number of benzene rings is 1. The highest BCUT2D eigenvalue weighted by Gasteiger charge is 2.22. The minimum absolute atomic E-state index is 0.167. The summed E-state index contributed by atoms with van der Waals surface area (Å²) < 4.78 is 10.9. The fourth-order valence-electron chi connectivity index (χ4n) is 4.50. The number of ether oxygens (including phenoxy) is 2. The number of amides is 1. The molecule has 0 atom stereocenters. The molecule has 1 aliphatic rings. The van der Waals surface area contributed by atoms with E-state index in [-0.39, 0.29) is 6.61 Å². The van der Waals surface area contributed by atoms with Gasteiger partial charge < -0.3 is 20.5 Å². The van der Waals surface area contributed by atoms with Gasteiger partial charge in [0.2, 0.25) is 0 Å². The summed E-state index contributed by atoms with van der Waals surface area (Å²) >= 11 is 1.76. The SMILES string of the molecule is CCCc1nc(NC2CCN(Cc3ccc(OCC(N)=O)c(OC)c3)CC2)c2c(C)c(C)sc2n1. The zero-order valence-corrected chi connectivity index (χ0v) is 21.8. The summed E-state index contributed by atoms with van der Waals surface area (Å²) in [5, 5.41) is 4.95. The van der Waals surface area contributed by atoms with Crippen molar-refractivity contribution in [1.29, 1.82) is 0 Å². The number of nitrogens with one attached hydrogen (secondary N) is 1. The monoisotopic (exact) mass is 497 g/mol. The van der Waals surface area contributed by atoms with Crippen LogP contribution in [-0.4, -0.2) is 53.6 Å². The Kier molecular flexibility index (Phi) is 8.07. The van der Waals surface area contributed by atoms with Crippen molar-refractivity contribution in [2.45, 2.75) is 59.0 Å². The third kappa shape index (κ3) is 6.02. The fraction of sp³-hybridized carbons (Fsp3) is 0.500. The zero-order valence-electron chi connectivity index (χ0n) is 21.0. The molecule has 1 aromatic carbocycles. The number of hydrogen-bond donors (Lipinski definition) is 2. The van der Waals surface area contributed by atoms with Gasteiger partial charge in [0, 0.05) is 37.0 Å². The molecule has 0 saturated carbocycles. The van der Waals surface area contributed by atoms with Crippen LogP contribution < -0.4 is 20.5 Å². The molecule has 0 bridgehead atoms. The second kappa shape index (κ2) is 11.2. The number of aromatic nitrogens is 2. The summed E-state index contributed by atoms with van der Waals surface area (Å²) in [5.74, 6) is 2.54. The van der Waals surface area contributed by atoms with E-state index in [0.29, 0.717) is 17.5 Å². The molecule has 1 fully saturated rings. The molecule has 1 amide bonds. The van der Waals surface area contributed by atoms with Crippen molar-refractivity contribution >= 4 is 33.3 Å². The Labute approximate surface area is 210 Å². The lowest BCUT2D eigenvalue weighted by atomic mass is 10.0. The van der Waals surface area contributed by atoms with Gasteiger partial charge in [0.1, 0.15) is 16.5 Å². The third-order valence-electron chi connectivity index (χ3n) is 6.48. The Balaban J connectivity index is 1.39. The smallest absolute Gasteiger partial charge is 0.255 e. The van der Waals surface area contributed by atoms with Crippen molar-refractivity contribution in [2.24, 2.45) is 5.73 Å². The molecule has 0 spiro atoms. The van der Waals surface area contributed by atoms with Crippen molar-refractivity contribution < 1.29 is 14.3 Å². The quantitative estimate of drug-likeness (QED) is 0.432. The fourth-order valence-corrected chi connectivity index (χ4v) is 5.55. The van der Waals surface area contributed by atoms with Crippen LogP contribution in [0.2, 0.25) is 0 Å². The molecule has 0 unspecified atom stereocenters. The first-order chi connectivity index (χ1) is 16.9. The van der Waals surface area contributed by atoms with Gasteiger partial charge in [-0.2, -0.15) is 0 Å². The molecular weight excluding hydrogens is 462 g/mol. The second-order valence-corrected chi connectivity index (χ2v) is 10.3. The van der Waals surface area contributed by atoms with Crippen LogP contribution in [0, 0.1) is 13.8 Å². The van der Waals surface area contributed by atoms with Gasteiger partial charge in [0.05, 0.1) is 12.5 Å². The molecule has 4 rings (SSSR count). The lowest BCUT2D eigenvalue weighted by molar-refractivity contribution is -0.119. The molecule has 3 N–H and O–H groups in total. The highest BCUT2D eigenvalue weighted by atomic mass is 32.1. The van der Waals surface area contributed by atoms with E-state index in [1.165, 1.54) is 15.8 Å². The van der Waals surface area contributed by atoms with Crippen molar-refractivity contribution in [3.63, 3.8) is 0 Å². The van der Waals surface area contributed by atoms with Gasteiger partial charge in [-0.1, -0.05) is 13.0 Å². The molecule has 2 aromatic heterocycles. The van der Waals surface area contributed by atoms with E-state index in [9.17, 15) is 4.79 Å². The van der Waals surface area contributed by atoms with E-state index in [1.54, 1.807) is 18.4 Å². The van der Waals surface area contributed by atoms with E-state index in [1.807, 2.05) is 18.2 Å². The molecule has 9 heteroatoms. The molecule has 0 radical (unpaired) electrons. The standard InChI is InChI=1S/C26H35N5O3S/c1-5-6-23-29-25(24-16(2)17(3)35-26(24)30-23)28-19-9-11-31(12-10-19)14-18-7-8-20(21(13-18)33-4)34-15-22(27)32/h7-8,13,19H,5-6,9-12,14-15H2,1-4H3,(H2,27,32)(H,28,29,30). The molecule has 3 aromatic rings. The lowest BCUT2D eigenvalue weighted by Gasteiger charge is -2.33. The maximum Gasteiger partial charge on any atom is 0.255 e. The van der Waals surface area contributed by atoms with Gasteiger partial charge in [-0.15, -0.1) is 11.3 Å². The van der Waals surface area contributed by atoms with Crippen LogP contribution in [0.25, 0.3) is 10.2 Å². The normalized spacial score (nSPS) is 14.9. The van der Waals surface area contributed by atoms with Crippen molar-refractivity contribution in [2.75, 3.05) is 32.1 Å². The second-order valence-electron chi connectivity index (χ2n) is 9.14. The Morgan fingerprint density at radius 3 is 2.69 bits per heavy atom. The van der Waals surface area contributed by atoms with Crippen molar-refractivity contribution in [3.8, 4) is 11.5 Å². The van der Waals surface area contributed by atoms with Crippen molar-refractivity contribution in [1.82, 2.24) is 14.9 Å². The van der Waals surface area contributed by atoms with E-state index in [4.69, 9.17) is 25.2 Å². The van der Waals surface area contributed by atoms with E-state index in [0.717, 1.165) is 67.4 Å². The predicted molar refractivity (Wildman–Crippen MR) is 140 cm³/mol. The number of carbonyl (C=O) groups is 1. The van der Waals surface area contributed by atoms with Crippen LogP contribution >= 0.6 is 11.3 Å². The number of rotatable bonds is 10. The highest BCUT2D eigenvalue weighted by molar-refractivity contribution is 7.18. The number of nitrogens with two attached hydrogens (primary N) is 1. The Morgan fingerprint density at radius 1 is 1.23 bits per heavy atom. The number of primary amides is 1. The Morgan fingerprint density at radius 2 is 2.00 bits per heavy atom.